The molecular formula is C38H61N7O6. The van der Waals surface area contributed by atoms with Crippen molar-refractivity contribution in [2.75, 3.05) is 6.54 Å². The molecule has 6 atom stereocenters. The number of hydrogen-bond donors (Lipinski definition) is 5. The van der Waals surface area contributed by atoms with Crippen molar-refractivity contribution in [1.29, 1.82) is 0 Å². The highest BCUT2D eigenvalue weighted by atomic mass is 16.3. The van der Waals surface area contributed by atoms with Crippen molar-refractivity contribution in [3.05, 3.63) is 24.3 Å². The molecule has 1 aliphatic heterocycles. The van der Waals surface area contributed by atoms with Crippen molar-refractivity contribution in [2.24, 2.45) is 17.3 Å². The lowest BCUT2D eigenvalue weighted by atomic mass is 9.82. The van der Waals surface area contributed by atoms with E-state index in [9.17, 15) is 29.1 Å². The highest BCUT2D eigenvalue weighted by Gasteiger charge is 2.47. The van der Waals surface area contributed by atoms with Crippen molar-refractivity contribution in [1.82, 2.24) is 36.1 Å². The number of carbonyl (C=O) groups is 5. The number of aliphatic hydroxyl groups is 1. The van der Waals surface area contributed by atoms with Crippen molar-refractivity contribution >= 4 is 29.5 Å². The van der Waals surface area contributed by atoms with Crippen molar-refractivity contribution in [2.45, 2.75) is 161 Å². The fourth-order valence-electron chi connectivity index (χ4n) is 7.55. The molecule has 1 aromatic rings. The maximum absolute atomic E-state index is 14.7. The highest BCUT2D eigenvalue weighted by Crippen LogP contribution is 2.33. The van der Waals surface area contributed by atoms with Gasteiger partial charge in [-0.3, -0.25) is 29.0 Å². The minimum absolute atomic E-state index is 0.0682. The Bertz CT molecular complexity index is 1330. The number of aromatic nitrogens is 2. The summed E-state index contributed by atoms with van der Waals surface area (Å²) >= 11 is 0. The molecular weight excluding hydrogens is 650 g/mol. The van der Waals surface area contributed by atoms with Gasteiger partial charge in [-0.15, -0.1) is 0 Å². The quantitative estimate of drug-likeness (QED) is 0.152. The van der Waals surface area contributed by atoms with Gasteiger partial charge in [0.2, 0.25) is 17.7 Å². The SMILES string of the molecule is CCCCC[C@H]1CCN(C(=O)C(NC(=O)[C@@H](NC(=O)c2cnccn2)C2CCCCC2)C(C)(C)C)C1C(=O)N[C@@H](CCC)C(O)C(=O)NC1CC1. The van der Waals surface area contributed by atoms with Gasteiger partial charge in [-0.05, 0) is 62.2 Å². The van der Waals surface area contributed by atoms with Gasteiger partial charge in [-0.2, -0.15) is 0 Å². The van der Waals surface area contributed by atoms with Crippen LogP contribution in [-0.2, 0) is 19.2 Å². The van der Waals surface area contributed by atoms with Crippen LogP contribution in [0, 0.1) is 17.3 Å². The van der Waals surface area contributed by atoms with Crippen LogP contribution in [0.1, 0.15) is 135 Å². The summed E-state index contributed by atoms with van der Waals surface area (Å²) < 4.78 is 0. The molecule has 2 heterocycles. The van der Waals surface area contributed by atoms with Crippen molar-refractivity contribution in [3.8, 4) is 0 Å². The first-order chi connectivity index (χ1) is 24.3. The molecule has 0 spiro atoms. The molecule has 13 nitrogen and oxygen atoms in total. The molecule has 1 saturated heterocycles. The summed E-state index contributed by atoms with van der Waals surface area (Å²) in [6.45, 7) is 10.0. The first-order valence-electron chi connectivity index (χ1n) is 19.3. The van der Waals surface area contributed by atoms with Crippen LogP contribution < -0.4 is 21.3 Å². The summed E-state index contributed by atoms with van der Waals surface area (Å²) in [5.74, 6) is -2.43. The Morgan fingerprint density at radius 1 is 0.902 bits per heavy atom. The second kappa shape index (κ2) is 18.8. The monoisotopic (exact) mass is 711 g/mol. The van der Waals surface area contributed by atoms with Crippen LogP contribution >= 0.6 is 0 Å². The van der Waals surface area contributed by atoms with E-state index >= 15 is 0 Å². The largest absolute Gasteiger partial charge is 0.381 e. The zero-order chi connectivity index (χ0) is 37.1. The average Bonchev–Trinajstić information content (AvgIpc) is 3.83. The van der Waals surface area contributed by atoms with E-state index in [4.69, 9.17) is 0 Å². The standard InChI is InChI=1S/C38H61N7O6/c1-6-8-10-16-25-19-22-45(30(25)35(49)42-27(13-7-2)31(46)36(50)41-26-17-18-26)37(51)32(38(3,4)5)44-34(48)29(24-14-11-9-12-15-24)43-33(47)28-23-39-20-21-40-28/h20-21,23-27,29-32,46H,6-19,22H2,1-5H3,(H,41,50)(H,42,49)(H,43,47)(H,44,48)/t25-,27-,29-,30?,31?,32?/m0/s1. The molecule has 3 unspecified atom stereocenters. The van der Waals surface area contributed by atoms with Gasteiger partial charge < -0.3 is 31.3 Å². The van der Waals surface area contributed by atoms with E-state index in [1.54, 1.807) is 4.90 Å². The number of nitrogens with one attached hydrogen (secondary N) is 4. The minimum atomic E-state index is -1.41. The average molecular weight is 712 g/mol. The minimum Gasteiger partial charge on any atom is -0.381 e. The molecule has 284 valence electrons. The second-order valence-corrected chi connectivity index (χ2v) is 15.9. The predicted molar refractivity (Wildman–Crippen MR) is 193 cm³/mol. The van der Waals surface area contributed by atoms with Gasteiger partial charge in [0.15, 0.2) is 6.10 Å². The lowest BCUT2D eigenvalue weighted by Gasteiger charge is -2.38. The van der Waals surface area contributed by atoms with E-state index in [0.717, 1.165) is 70.6 Å². The summed E-state index contributed by atoms with van der Waals surface area (Å²) in [5.41, 5.74) is -0.631. The van der Waals surface area contributed by atoms with Crippen LogP contribution in [0.25, 0.3) is 0 Å². The first kappa shape index (κ1) is 40.2. The third-order valence-corrected chi connectivity index (χ3v) is 10.6. The molecule has 4 rings (SSSR count). The number of carbonyl (C=O) groups excluding carboxylic acids is 5. The number of aliphatic hydroxyl groups excluding tert-OH is 1. The molecule has 2 saturated carbocycles. The van der Waals surface area contributed by atoms with Gasteiger partial charge in [0.25, 0.3) is 11.8 Å². The third kappa shape index (κ3) is 11.2. The maximum Gasteiger partial charge on any atom is 0.272 e. The fourth-order valence-corrected chi connectivity index (χ4v) is 7.55. The smallest absolute Gasteiger partial charge is 0.272 e. The normalized spacial score (nSPS) is 22.0. The molecule has 3 fully saturated rings. The maximum atomic E-state index is 14.7. The number of amides is 5. The number of unbranched alkanes of at least 4 members (excludes halogenated alkanes) is 2. The molecule has 0 radical (unpaired) electrons. The van der Waals surface area contributed by atoms with Crippen molar-refractivity contribution in [3.63, 3.8) is 0 Å². The molecule has 3 aliphatic rings. The Balaban J connectivity index is 1.57. The summed E-state index contributed by atoms with van der Waals surface area (Å²) in [5, 5.41) is 22.7. The van der Waals surface area contributed by atoms with Crippen LogP contribution in [0.5, 0.6) is 0 Å². The number of hydrogen-bond acceptors (Lipinski definition) is 8. The fraction of sp³-hybridized carbons (Fsp3) is 0.763. The van der Waals surface area contributed by atoms with E-state index in [-0.39, 0.29) is 29.5 Å². The van der Waals surface area contributed by atoms with Crippen LogP contribution in [-0.4, -0.2) is 92.4 Å². The molecule has 5 amide bonds. The number of rotatable bonds is 17. The van der Waals surface area contributed by atoms with Crippen LogP contribution in [0.4, 0.5) is 0 Å². The predicted octanol–water partition coefficient (Wildman–Crippen LogP) is 3.41. The Morgan fingerprint density at radius 2 is 1.63 bits per heavy atom. The Morgan fingerprint density at radius 3 is 2.24 bits per heavy atom. The summed E-state index contributed by atoms with van der Waals surface area (Å²) in [4.78, 5) is 78.8. The van der Waals surface area contributed by atoms with Gasteiger partial charge >= 0.3 is 0 Å². The third-order valence-electron chi connectivity index (χ3n) is 10.6. The Labute approximate surface area is 303 Å². The lowest BCUT2D eigenvalue weighted by Crippen LogP contribution is -2.62. The zero-order valence-corrected chi connectivity index (χ0v) is 31.3. The Kier molecular flexibility index (Phi) is 14.8. The van der Waals surface area contributed by atoms with E-state index < -0.39 is 59.3 Å². The summed E-state index contributed by atoms with van der Waals surface area (Å²) in [7, 11) is 0. The van der Waals surface area contributed by atoms with E-state index in [1.165, 1.54) is 18.6 Å². The number of likely N-dealkylation sites (tertiary alicyclic amines) is 1. The van der Waals surface area contributed by atoms with Gasteiger partial charge in [0.1, 0.15) is 23.8 Å². The summed E-state index contributed by atoms with van der Waals surface area (Å²) in [6, 6.07) is -3.42. The van der Waals surface area contributed by atoms with Crippen LogP contribution in [0.2, 0.25) is 0 Å². The van der Waals surface area contributed by atoms with Gasteiger partial charge in [-0.25, -0.2) is 4.98 Å². The highest BCUT2D eigenvalue weighted by molar-refractivity contribution is 5.98. The lowest BCUT2D eigenvalue weighted by molar-refractivity contribution is -0.145. The zero-order valence-electron chi connectivity index (χ0n) is 31.3. The molecule has 0 aromatic carbocycles. The van der Waals surface area contributed by atoms with Crippen LogP contribution in [0.3, 0.4) is 0 Å². The topological polar surface area (TPSA) is 183 Å². The van der Waals surface area contributed by atoms with Crippen LogP contribution in [0.15, 0.2) is 18.6 Å². The van der Waals surface area contributed by atoms with Gasteiger partial charge in [-0.1, -0.05) is 79.6 Å². The van der Waals surface area contributed by atoms with Crippen molar-refractivity contribution < 1.29 is 29.1 Å². The number of nitrogens with zero attached hydrogens (tertiary/aromatic N) is 3. The van der Waals surface area contributed by atoms with Gasteiger partial charge in [0.05, 0.1) is 12.2 Å². The first-order valence-corrected chi connectivity index (χ1v) is 19.3. The molecule has 2 aliphatic carbocycles. The molecule has 13 heteroatoms. The second-order valence-electron chi connectivity index (χ2n) is 15.9. The van der Waals surface area contributed by atoms with E-state index in [2.05, 4.69) is 38.2 Å². The molecule has 0 bridgehead atoms. The summed E-state index contributed by atoms with van der Waals surface area (Å²) in [6.07, 6.45) is 14.4. The molecule has 51 heavy (non-hydrogen) atoms. The van der Waals surface area contributed by atoms with Gasteiger partial charge in [0, 0.05) is 25.0 Å². The molecule has 1 aromatic heterocycles. The Hall–Kier alpha value is -3.61. The van der Waals surface area contributed by atoms with E-state index in [0.29, 0.717) is 25.8 Å². The molecule has 5 N–H and O–H groups in total. The van der Waals surface area contributed by atoms with E-state index in [1.807, 2.05) is 27.7 Å².